The molecule has 0 saturated carbocycles. The van der Waals surface area contributed by atoms with Crippen LogP contribution in [0.3, 0.4) is 0 Å². The maximum absolute atomic E-state index is 12.5. The average molecular weight is 322 g/mol. The van der Waals surface area contributed by atoms with Crippen LogP contribution in [0, 0.1) is 0 Å². The predicted molar refractivity (Wildman–Crippen MR) is 79.4 cm³/mol. The molecular weight excluding hydrogens is 304 g/mol. The van der Waals surface area contributed by atoms with Crippen molar-refractivity contribution in [1.29, 1.82) is 0 Å². The molecule has 124 valence electrons. The van der Waals surface area contributed by atoms with Crippen molar-refractivity contribution in [3.63, 3.8) is 0 Å². The van der Waals surface area contributed by atoms with Crippen LogP contribution in [0.4, 0.5) is 0 Å². The monoisotopic (exact) mass is 322 g/mol. The Morgan fingerprint density at radius 3 is 2.70 bits per heavy atom. The van der Waals surface area contributed by atoms with Crippen molar-refractivity contribution in [2.75, 3.05) is 20.3 Å². The number of carbonyl (C=O) groups is 3. The SMILES string of the molecule is COc1cc(C(=O)N2CCC[C@@H]2C(=O)O)ccc1OCC(N)=O. The minimum Gasteiger partial charge on any atom is -0.493 e. The number of nitrogens with zero attached hydrogens (tertiary/aromatic N) is 1. The Labute approximate surface area is 132 Å². The van der Waals surface area contributed by atoms with E-state index in [2.05, 4.69) is 0 Å². The van der Waals surface area contributed by atoms with E-state index in [1.165, 1.54) is 30.2 Å². The first-order chi connectivity index (χ1) is 10.9. The zero-order valence-electron chi connectivity index (χ0n) is 12.7. The van der Waals surface area contributed by atoms with Crippen LogP contribution >= 0.6 is 0 Å². The summed E-state index contributed by atoms with van der Waals surface area (Å²) in [5.74, 6) is -1.48. The smallest absolute Gasteiger partial charge is 0.326 e. The van der Waals surface area contributed by atoms with E-state index >= 15 is 0 Å². The van der Waals surface area contributed by atoms with Crippen molar-refractivity contribution in [2.45, 2.75) is 18.9 Å². The van der Waals surface area contributed by atoms with E-state index < -0.39 is 17.9 Å². The van der Waals surface area contributed by atoms with Gasteiger partial charge in [0.25, 0.3) is 11.8 Å². The van der Waals surface area contributed by atoms with E-state index in [-0.39, 0.29) is 24.0 Å². The van der Waals surface area contributed by atoms with E-state index in [0.29, 0.717) is 24.9 Å². The molecule has 0 bridgehead atoms. The number of primary amides is 1. The van der Waals surface area contributed by atoms with Crippen molar-refractivity contribution in [3.8, 4) is 11.5 Å². The lowest BCUT2D eigenvalue weighted by Gasteiger charge is -2.22. The van der Waals surface area contributed by atoms with Gasteiger partial charge < -0.3 is 25.2 Å². The summed E-state index contributed by atoms with van der Waals surface area (Å²) in [5, 5.41) is 9.16. The molecule has 0 spiro atoms. The van der Waals surface area contributed by atoms with Gasteiger partial charge in [-0.15, -0.1) is 0 Å². The molecule has 1 aromatic carbocycles. The molecule has 0 aromatic heterocycles. The van der Waals surface area contributed by atoms with Crippen molar-refractivity contribution < 1.29 is 29.0 Å². The number of nitrogens with two attached hydrogens (primary N) is 1. The molecule has 1 fully saturated rings. The summed E-state index contributed by atoms with van der Waals surface area (Å²) < 4.78 is 10.3. The van der Waals surface area contributed by atoms with Gasteiger partial charge in [-0.1, -0.05) is 0 Å². The van der Waals surface area contributed by atoms with Crippen molar-refractivity contribution in [2.24, 2.45) is 5.73 Å². The summed E-state index contributed by atoms with van der Waals surface area (Å²) in [6.07, 6.45) is 1.09. The summed E-state index contributed by atoms with van der Waals surface area (Å²) in [7, 11) is 1.40. The van der Waals surface area contributed by atoms with Gasteiger partial charge in [0, 0.05) is 12.1 Å². The van der Waals surface area contributed by atoms with Crippen LogP contribution in [-0.2, 0) is 9.59 Å². The largest absolute Gasteiger partial charge is 0.493 e. The molecule has 0 unspecified atom stereocenters. The fourth-order valence-corrected chi connectivity index (χ4v) is 2.50. The first-order valence-electron chi connectivity index (χ1n) is 7.07. The topological polar surface area (TPSA) is 119 Å². The lowest BCUT2D eigenvalue weighted by Crippen LogP contribution is -2.40. The number of ether oxygens (including phenoxy) is 2. The van der Waals surface area contributed by atoms with Crippen LogP contribution in [0.25, 0.3) is 0 Å². The standard InChI is InChI=1S/C15H18N2O6/c1-22-12-7-9(4-5-11(12)23-8-13(16)18)14(19)17-6-2-3-10(17)15(20)21/h4-5,7,10H,2-3,6,8H2,1H3,(H2,16,18)(H,20,21)/t10-/m1/s1. The van der Waals surface area contributed by atoms with Gasteiger partial charge in [0.2, 0.25) is 0 Å². The molecule has 8 heteroatoms. The Morgan fingerprint density at radius 2 is 2.09 bits per heavy atom. The van der Waals surface area contributed by atoms with Crippen LogP contribution < -0.4 is 15.2 Å². The predicted octanol–water partition coefficient (Wildman–Crippen LogP) is 0.248. The van der Waals surface area contributed by atoms with Gasteiger partial charge in [-0.25, -0.2) is 4.79 Å². The molecule has 1 aromatic rings. The van der Waals surface area contributed by atoms with E-state index in [9.17, 15) is 14.4 Å². The second kappa shape index (κ2) is 6.99. The minimum atomic E-state index is -1.01. The van der Waals surface area contributed by atoms with Gasteiger partial charge in [-0.2, -0.15) is 0 Å². The molecule has 0 radical (unpaired) electrons. The van der Waals surface area contributed by atoms with Crippen LogP contribution in [-0.4, -0.2) is 54.1 Å². The fraction of sp³-hybridized carbons (Fsp3) is 0.400. The number of rotatable bonds is 6. The fourth-order valence-electron chi connectivity index (χ4n) is 2.50. The lowest BCUT2D eigenvalue weighted by molar-refractivity contribution is -0.141. The van der Waals surface area contributed by atoms with E-state index in [1.54, 1.807) is 0 Å². The maximum Gasteiger partial charge on any atom is 0.326 e. The number of aliphatic carboxylic acids is 1. The Hall–Kier alpha value is -2.77. The van der Waals surface area contributed by atoms with Crippen molar-refractivity contribution in [1.82, 2.24) is 4.90 Å². The Morgan fingerprint density at radius 1 is 1.35 bits per heavy atom. The van der Waals surface area contributed by atoms with Crippen molar-refractivity contribution in [3.05, 3.63) is 23.8 Å². The Bertz CT molecular complexity index is 630. The number of methoxy groups -OCH3 is 1. The Kier molecular flexibility index (Phi) is 5.05. The number of amides is 2. The third kappa shape index (κ3) is 3.71. The Balaban J connectivity index is 2.21. The van der Waals surface area contributed by atoms with Crippen LogP contribution in [0.15, 0.2) is 18.2 Å². The van der Waals surface area contributed by atoms with E-state index in [0.717, 1.165) is 0 Å². The molecule has 2 amide bonds. The summed E-state index contributed by atoms with van der Waals surface area (Å²) in [5.41, 5.74) is 5.31. The maximum atomic E-state index is 12.5. The highest BCUT2D eigenvalue weighted by Crippen LogP contribution is 2.29. The van der Waals surface area contributed by atoms with Crippen LogP contribution in [0.2, 0.25) is 0 Å². The first kappa shape index (κ1) is 16.6. The second-order valence-corrected chi connectivity index (χ2v) is 5.12. The molecule has 1 heterocycles. The number of hydrogen-bond donors (Lipinski definition) is 2. The summed E-state index contributed by atoms with van der Waals surface area (Å²) in [6, 6.07) is 3.63. The zero-order valence-corrected chi connectivity index (χ0v) is 12.7. The highest BCUT2D eigenvalue weighted by Gasteiger charge is 2.34. The summed E-state index contributed by atoms with van der Waals surface area (Å²) >= 11 is 0. The highest BCUT2D eigenvalue weighted by molar-refractivity contribution is 5.97. The zero-order chi connectivity index (χ0) is 17.0. The van der Waals surface area contributed by atoms with Gasteiger partial charge in [0.05, 0.1) is 7.11 Å². The van der Waals surface area contributed by atoms with Gasteiger partial charge in [0.1, 0.15) is 6.04 Å². The molecule has 1 saturated heterocycles. The van der Waals surface area contributed by atoms with Crippen molar-refractivity contribution >= 4 is 17.8 Å². The summed E-state index contributed by atoms with van der Waals surface area (Å²) in [6.45, 7) is 0.0922. The molecule has 23 heavy (non-hydrogen) atoms. The molecule has 0 aliphatic carbocycles. The average Bonchev–Trinajstić information content (AvgIpc) is 3.01. The van der Waals surface area contributed by atoms with Crippen LogP contribution in [0.5, 0.6) is 11.5 Å². The number of benzene rings is 1. The van der Waals surface area contributed by atoms with Gasteiger partial charge in [-0.3, -0.25) is 9.59 Å². The molecular formula is C15H18N2O6. The normalized spacial score (nSPS) is 16.9. The number of likely N-dealkylation sites (tertiary alicyclic amines) is 1. The van der Waals surface area contributed by atoms with E-state index in [1.807, 2.05) is 0 Å². The molecule has 3 N–H and O–H groups in total. The van der Waals surface area contributed by atoms with E-state index in [4.69, 9.17) is 20.3 Å². The molecule has 8 nitrogen and oxygen atoms in total. The van der Waals surface area contributed by atoms with Gasteiger partial charge >= 0.3 is 5.97 Å². The van der Waals surface area contributed by atoms with Gasteiger partial charge in [-0.05, 0) is 31.0 Å². The number of carbonyl (C=O) groups excluding carboxylic acids is 2. The molecule has 1 aliphatic heterocycles. The van der Waals surface area contributed by atoms with Gasteiger partial charge in [0.15, 0.2) is 18.1 Å². The summed E-state index contributed by atoms with van der Waals surface area (Å²) in [4.78, 5) is 35.8. The molecule has 1 atom stereocenters. The quantitative estimate of drug-likeness (QED) is 0.775. The third-order valence-electron chi connectivity index (χ3n) is 3.58. The molecule has 2 rings (SSSR count). The molecule has 1 aliphatic rings. The number of hydrogen-bond acceptors (Lipinski definition) is 5. The highest BCUT2D eigenvalue weighted by atomic mass is 16.5. The second-order valence-electron chi connectivity index (χ2n) is 5.12. The minimum absolute atomic E-state index is 0.267. The third-order valence-corrected chi connectivity index (χ3v) is 3.58. The first-order valence-corrected chi connectivity index (χ1v) is 7.07. The van der Waals surface area contributed by atoms with Crippen LogP contribution in [0.1, 0.15) is 23.2 Å². The lowest BCUT2D eigenvalue weighted by atomic mass is 10.1. The number of carboxylic acids is 1. The number of carboxylic acid groups (broad SMARTS) is 1.